The average molecular weight is 395 g/mol. The molecule has 0 unspecified atom stereocenters. The molecule has 140 valence electrons. The zero-order valence-corrected chi connectivity index (χ0v) is 15.4. The van der Waals surface area contributed by atoms with Crippen LogP contribution in [0.2, 0.25) is 0 Å². The van der Waals surface area contributed by atoms with Crippen molar-refractivity contribution >= 4 is 17.4 Å². The molecule has 0 atom stereocenters. The molecule has 28 heavy (non-hydrogen) atoms. The Balaban J connectivity index is 1.45. The molecule has 0 aliphatic carbocycles. The molecule has 4 rings (SSSR count). The first-order valence-corrected chi connectivity index (χ1v) is 9.18. The van der Waals surface area contributed by atoms with E-state index in [0.717, 1.165) is 11.1 Å². The quantitative estimate of drug-likeness (QED) is 0.267. The second kappa shape index (κ2) is 7.61. The first kappa shape index (κ1) is 17.9. The topological polar surface area (TPSA) is 121 Å². The van der Waals surface area contributed by atoms with Gasteiger partial charge in [-0.05, 0) is 18.6 Å². The minimum Gasteiger partial charge on any atom is -0.411 e. The number of thioether (sulfide) groups is 1. The number of non-ortho nitro benzene ring substituents is 1. The van der Waals surface area contributed by atoms with Gasteiger partial charge in [-0.25, -0.2) is 0 Å². The lowest BCUT2D eigenvalue weighted by Crippen LogP contribution is -1.88. The molecule has 0 N–H and O–H groups in total. The molecular weight excluding hydrogens is 382 g/mol. The smallest absolute Gasteiger partial charge is 0.277 e. The number of nitrogens with zero attached hydrogens (tertiary/aromatic N) is 5. The standard InChI is InChI=1S/C18H13N5O4S/c1-11-5-2-3-8-14(11)16-19-15(27-22-16)10-28-18-21-20-17(26-18)12-6-4-7-13(9-12)23(24)25/h2-9H,10H2,1H3. The third-order valence-electron chi connectivity index (χ3n) is 3.88. The van der Waals surface area contributed by atoms with Crippen molar-refractivity contribution in [3.8, 4) is 22.8 Å². The number of rotatable bonds is 6. The molecule has 0 saturated carbocycles. The number of nitro benzene ring substituents is 1. The first-order valence-electron chi connectivity index (χ1n) is 8.20. The molecule has 2 aromatic heterocycles. The van der Waals surface area contributed by atoms with Gasteiger partial charge in [-0.15, -0.1) is 10.2 Å². The van der Waals surface area contributed by atoms with Crippen LogP contribution in [0.5, 0.6) is 0 Å². The molecule has 2 heterocycles. The van der Waals surface area contributed by atoms with Crippen LogP contribution < -0.4 is 0 Å². The monoisotopic (exact) mass is 395 g/mol. The minimum atomic E-state index is -0.475. The van der Waals surface area contributed by atoms with Crippen LogP contribution in [0.4, 0.5) is 5.69 Å². The van der Waals surface area contributed by atoms with Gasteiger partial charge in [0, 0.05) is 23.3 Å². The van der Waals surface area contributed by atoms with Gasteiger partial charge in [-0.3, -0.25) is 10.1 Å². The summed E-state index contributed by atoms with van der Waals surface area (Å²) in [6, 6.07) is 13.8. The van der Waals surface area contributed by atoms with Gasteiger partial charge >= 0.3 is 0 Å². The van der Waals surface area contributed by atoms with Gasteiger partial charge < -0.3 is 8.94 Å². The lowest BCUT2D eigenvalue weighted by molar-refractivity contribution is -0.384. The van der Waals surface area contributed by atoms with Crippen molar-refractivity contribution in [1.29, 1.82) is 0 Å². The molecule has 9 nitrogen and oxygen atoms in total. The van der Waals surface area contributed by atoms with Crippen LogP contribution in [0.25, 0.3) is 22.8 Å². The minimum absolute atomic E-state index is 0.0421. The molecule has 0 spiro atoms. The van der Waals surface area contributed by atoms with Crippen molar-refractivity contribution in [3.05, 3.63) is 70.1 Å². The summed E-state index contributed by atoms with van der Waals surface area (Å²) in [7, 11) is 0. The van der Waals surface area contributed by atoms with Crippen molar-refractivity contribution < 1.29 is 13.9 Å². The Morgan fingerprint density at radius 2 is 2.00 bits per heavy atom. The predicted molar refractivity (Wildman–Crippen MR) is 100 cm³/mol. The van der Waals surface area contributed by atoms with E-state index in [9.17, 15) is 10.1 Å². The number of hydrogen-bond acceptors (Lipinski definition) is 9. The van der Waals surface area contributed by atoms with Gasteiger partial charge in [0.05, 0.1) is 10.7 Å². The fraction of sp³-hybridized carbons (Fsp3) is 0.111. The highest BCUT2D eigenvalue weighted by molar-refractivity contribution is 7.98. The van der Waals surface area contributed by atoms with Crippen molar-refractivity contribution in [1.82, 2.24) is 20.3 Å². The van der Waals surface area contributed by atoms with Crippen molar-refractivity contribution in [2.24, 2.45) is 0 Å². The molecule has 2 aromatic carbocycles. The highest BCUT2D eigenvalue weighted by Gasteiger charge is 2.15. The van der Waals surface area contributed by atoms with Crippen molar-refractivity contribution in [2.75, 3.05) is 0 Å². The fourth-order valence-electron chi connectivity index (χ4n) is 2.51. The average Bonchev–Trinajstić information content (AvgIpc) is 3.36. The summed E-state index contributed by atoms with van der Waals surface area (Å²) in [5, 5.41) is 23.1. The molecule has 0 aliphatic rings. The molecule has 0 fully saturated rings. The summed E-state index contributed by atoms with van der Waals surface area (Å²) in [6.45, 7) is 1.98. The van der Waals surface area contributed by atoms with Gasteiger partial charge in [0.2, 0.25) is 17.6 Å². The summed E-state index contributed by atoms with van der Waals surface area (Å²) in [5.41, 5.74) is 2.40. The first-order chi connectivity index (χ1) is 13.6. The van der Waals surface area contributed by atoms with E-state index in [2.05, 4.69) is 20.3 Å². The Kier molecular flexibility index (Phi) is 4.85. The number of aryl methyl sites for hydroxylation is 1. The van der Waals surface area contributed by atoms with E-state index >= 15 is 0 Å². The van der Waals surface area contributed by atoms with Gasteiger partial charge in [0.25, 0.3) is 10.9 Å². The molecule has 0 aliphatic heterocycles. The Bertz CT molecular complexity index is 1140. The van der Waals surface area contributed by atoms with Gasteiger partial charge in [-0.1, -0.05) is 47.3 Å². The maximum atomic E-state index is 10.9. The number of hydrogen-bond donors (Lipinski definition) is 0. The van der Waals surface area contributed by atoms with E-state index in [0.29, 0.717) is 28.3 Å². The van der Waals surface area contributed by atoms with Crippen molar-refractivity contribution in [2.45, 2.75) is 17.9 Å². The number of nitro groups is 1. The van der Waals surface area contributed by atoms with Crippen LogP contribution >= 0.6 is 11.8 Å². The summed E-state index contributed by atoms with van der Waals surface area (Å²) in [6.07, 6.45) is 0. The Morgan fingerprint density at radius 1 is 1.14 bits per heavy atom. The summed E-state index contributed by atoms with van der Waals surface area (Å²) >= 11 is 1.24. The van der Waals surface area contributed by atoms with E-state index in [4.69, 9.17) is 8.94 Å². The van der Waals surface area contributed by atoms with Crippen LogP contribution in [0, 0.1) is 17.0 Å². The zero-order chi connectivity index (χ0) is 19.5. The van der Waals surface area contributed by atoms with Crippen LogP contribution in [0.15, 0.2) is 62.7 Å². The maximum Gasteiger partial charge on any atom is 0.277 e. The molecular formula is C18H13N5O4S. The summed E-state index contributed by atoms with van der Waals surface area (Å²) in [4.78, 5) is 14.8. The van der Waals surface area contributed by atoms with E-state index in [1.54, 1.807) is 12.1 Å². The second-order valence-electron chi connectivity index (χ2n) is 5.80. The SMILES string of the molecule is Cc1ccccc1-c1noc(CSc2nnc(-c3cccc([N+](=O)[O-])c3)o2)n1. The van der Waals surface area contributed by atoms with Gasteiger partial charge in [-0.2, -0.15) is 4.98 Å². The van der Waals surface area contributed by atoms with Crippen LogP contribution in [0.1, 0.15) is 11.5 Å². The van der Waals surface area contributed by atoms with Crippen LogP contribution in [-0.4, -0.2) is 25.3 Å². The number of aromatic nitrogens is 4. The van der Waals surface area contributed by atoms with Crippen LogP contribution in [0.3, 0.4) is 0 Å². The Hall–Kier alpha value is -3.53. The summed E-state index contributed by atoms with van der Waals surface area (Å²) < 4.78 is 10.8. The third kappa shape index (κ3) is 3.76. The maximum absolute atomic E-state index is 10.9. The third-order valence-corrected chi connectivity index (χ3v) is 4.69. The Labute approximate surface area is 162 Å². The zero-order valence-electron chi connectivity index (χ0n) is 14.6. The van der Waals surface area contributed by atoms with E-state index in [1.807, 2.05) is 31.2 Å². The molecule has 0 bridgehead atoms. The number of benzene rings is 2. The van der Waals surface area contributed by atoms with Gasteiger partial charge in [0.1, 0.15) is 0 Å². The highest BCUT2D eigenvalue weighted by atomic mass is 32.2. The second-order valence-corrected chi connectivity index (χ2v) is 6.72. The Morgan fingerprint density at radius 3 is 2.82 bits per heavy atom. The van der Waals surface area contributed by atoms with E-state index in [1.165, 1.54) is 23.9 Å². The molecule has 4 aromatic rings. The van der Waals surface area contributed by atoms with Crippen molar-refractivity contribution in [3.63, 3.8) is 0 Å². The van der Waals surface area contributed by atoms with Crippen LogP contribution in [-0.2, 0) is 5.75 Å². The van der Waals surface area contributed by atoms with E-state index < -0.39 is 4.92 Å². The molecule has 0 saturated heterocycles. The largest absolute Gasteiger partial charge is 0.411 e. The molecule has 0 radical (unpaired) electrons. The lowest BCUT2D eigenvalue weighted by Gasteiger charge is -1.97. The fourth-order valence-corrected chi connectivity index (χ4v) is 3.11. The van der Waals surface area contributed by atoms with Gasteiger partial charge in [0.15, 0.2) is 0 Å². The predicted octanol–water partition coefficient (Wildman–Crippen LogP) is 4.30. The van der Waals surface area contributed by atoms with E-state index in [-0.39, 0.29) is 11.6 Å². The summed E-state index contributed by atoms with van der Waals surface area (Å²) in [5.74, 6) is 1.52. The highest BCUT2D eigenvalue weighted by Crippen LogP contribution is 2.28. The normalized spacial score (nSPS) is 10.9. The molecule has 0 amide bonds. The lowest BCUT2D eigenvalue weighted by atomic mass is 10.1. The molecule has 10 heteroatoms.